The number of likely N-dealkylation sites (N-methyl/N-ethyl adjacent to an activating group) is 2. The molecule has 0 radical (unpaired) electrons. The molecule has 2 amide bonds. The van der Waals surface area contributed by atoms with Crippen LogP contribution in [0.3, 0.4) is 0 Å². The van der Waals surface area contributed by atoms with E-state index in [1.165, 1.54) is 0 Å². The fourth-order valence-electron chi connectivity index (χ4n) is 1.75. The van der Waals surface area contributed by atoms with Crippen molar-refractivity contribution in [1.82, 2.24) is 15.6 Å². The largest absolute Gasteiger partial charge is 0.355 e. The smallest absolute Gasteiger partial charge is 0.265 e. The first-order chi connectivity index (χ1) is 9.47. The molecule has 0 aliphatic carbocycles. The van der Waals surface area contributed by atoms with Crippen LogP contribution in [0.4, 0.5) is 0 Å². The minimum Gasteiger partial charge on any atom is -0.355 e. The highest BCUT2D eigenvalue weighted by Gasteiger charge is 2.10. The van der Waals surface area contributed by atoms with Gasteiger partial charge in [-0.25, -0.2) is 5.84 Å². The first-order valence-electron chi connectivity index (χ1n) is 6.22. The van der Waals surface area contributed by atoms with E-state index in [-0.39, 0.29) is 11.8 Å². The van der Waals surface area contributed by atoms with Gasteiger partial charge in [-0.15, -0.1) is 0 Å². The van der Waals surface area contributed by atoms with E-state index in [0.29, 0.717) is 25.2 Å². The van der Waals surface area contributed by atoms with Crippen LogP contribution in [0.25, 0.3) is 0 Å². The van der Waals surface area contributed by atoms with Crippen molar-refractivity contribution in [3.05, 3.63) is 33.8 Å². The maximum Gasteiger partial charge on any atom is 0.265 e. The van der Waals surface area contributed by atoms with E-state index in [1.54, 1.807) is 12.1 Å². The molecule has 20 heavy (non-hydrogen) atoms. The summed E-state index contributed by atoms with van der Waals surface area (Å²) in [6.45, 7) is 3.43. The number of halogens is 1. The van der Waals surface area contributed by atoms with E-state index in [9.17, 15) is 9.59 Å². The van der Waals surface area contributed by atoms with Gasteiger partial charge in [0.05, 0.1) is 6.54 Å². The van der Waals surface area contributed by atoms with Gasteiger partial charge in [-0.3, -0.25) is 19.9 Å². The van der Waals surface area contributed by atoms with Crippen molar-refractivity contribution in [2.24, 2.45) is 5.84 Å². The molecular weight excluding hydrogens is 324 g/mol. The second kappa shape index (κ2) is 7.98. The van der Waals surface area contributed by atoms with Gasteiger partial charge in [-0.05, 0) is 31.7 Å². The number of carbonyl (C=O) groups excluding carboxylic acids is 2. The van der Waals surface area contributed by atoms with Crippen molar-refractivity contribution in [1.29, 1.82) is 0 Å². The third-order valence-corrected chi connectivity index (χ3v) is 3.41. The van der Waals surface area contributed by atoms with Gasteiger partial charge in [0.1, 0.15) is 0 Å². The Balaban J connectivity index is 2.68. The molecule has 0 saturated heterocycles. The molecule has 0 saturated carbocycles. The summed E-state index contributed by atoms with van der Waals surface area (Å²) >= 11 is 3.42. The number of nitrogens with one attached hydrogen (secondary N) is 2. The van der Waals surface area contributed by atoms with Crippen LogP contribution >= 0.6 is 15.9 Å². The van der Waals surface area contributed by atoms with Crippen LogP contribution in [0.5, 0.6) is 0 Å². The Kier molecular flexibility index (Phi) is 6.63. The van der Waals surface area contributed by atoms with Gasteiger partial charge in [0.25, 0.3) is 5.91 Å². The van der Waals surface area contributed by atoms with Crippen LogP contribution in [0.2, 0.25) is 0 Å². The Bertz CT molecular complexity index is 493. The monoisotopic (exact) mass is 342 g/mol. The van der Waals surface area contributed by atoms with Crippen molar-refractivity contribution in [2.45, 2.75) is 13.5 Å². The fraction of sp³-hybridized carbons (Fsp3) is 0.385. The van der Waals surface area contributed by atoms with Gasteiger partial charge >= 0.3 is 0 Å². The van der Waals surface area contributed by atoms with E-state index in [0.717, 1.165) is 10.0 Å². The van der Waals surface area contributed by atoms with Crippen LogP contribution in [0.15, 0.2) is 22.7 Å². The molecule has 7 heteroatoms. The van der Waals surface area contributed by atoms with Gasteiger partial charge in [-0.1, -0.05) is 22.0 Å². The minimum atomic E-state index is -0.340. The average Bonchev–Trinajstić information content (AvgIpc) is 2.40. The molecule has 0 spiro atoms. The van der Waals surface area contributed by atoms with Crippen molar-refractivity contribution >= 4 is 27.7 Å². The maximum atomic E-state index is 11.5. The molecule has 4 N–H and O–H groups in total. The summed E-state index contributed by atoms with van der Waals surface area (Å²) in [5, 5.41) is 2.75. The highest BCUT2D eigenvalue weighted by molar-refractivity contribution is 9.10. The quantitative estimate of drug-likeness (QED) is 0.401. The molecule has 0 fully saturated rings. The van der Waals surface area contributed by atoms with Crippen LogP contribution < -0.4 is 16.6 Å². The molecule has 110 valence electrons. The first kappa shape index (κ1) is 16.6. The molecule has 0 atom stereocenters. The normalized spacial score (nSPS) is 10.4. The molecule has 1 rings (SSSR count). The van der Waals surface area contributed by atoms with E-state index >= 15 is 0 Å². The van der Waals surface area contributed by atoms with Crippen LogP contribution in [-0.4, -0.2) is 36.9 Å². The molecule has 1 aromatic carbocycles. The maximum absolute atomic E-state index is 11.5. The minimum absolute atomic E-state index is 0.00903. The first-order valence-corrected chi connectivity index (χ1v) is 7.01. The van der Waals surface area contributed by atoms with E-state index < -0.39 is 0 Å². The van der Waals surface area contributed by atoms with Crippen molar-refractivity contribution in [3.8, 4) is 0 Å². The van der Waals surface area contributed by atoms with Gasteiger partial charge < -0.3 is 5.32 Å². The van der Waals surface area contributed by atoms with Crippen LogP contribution in [0.1, 0.15) is 22.8 Å². The van der Waals surface area contributed by atoms with Crippen LogP contribution in [0, 0.1) is 0 Å². The van der Waals surface area contributed by atoms with Crippen LogP contribution in [-0.2, 0) is 11.3 Å². The molecule has 0 aromatic heterocycles. The summed E-state index contributed by atoms with van der Waals surface area (Å²) in [5.41, 5.74) is 3.56. The fourth-order valence-corrected chi connectivity index (χ4v) is 2.25. The average molecular weight is 343 g/mol. The number of nitrogens with zero attached hydrogens (tertiary/aromatic N) is 1. The number of hydrazine groups is 1. The third kappa shape index (κ3) is 4.92. The summed E-state index contributed by atoms with van der Waals surface area (Å²) in [7, 11) is 1.86. The van der Waals surface area contributed by atoms with Gasteiger partial charge in [0.15, 0.2) is 0 Å². The Morgan fingerprint density at radius 2 is 2.10 bits per heavy atom. The number of amides is 2. The molecule has 0 aliphatic heterocycles. The predicted molar refractivity (Wildman–Crippen MR) is 80.8 cm³/mol. The Morgan fingerprint density at radius 1 is 1.40 bits per heavy atom. The number of carbonyl (C=O) groups is 2. The summed E-state index contributed by atoms with van der Waals surface area (Å²) < 4.78 is 0.807. The third-order valence-electron chi connectivity index (χ3n) is 2.67. The second-order valence-corrected chi connectivity index (χ2v) is 5.26. The summed E-state index contributed by atoms with van der Waals surface area (Å²) in [4.78, 5) is 24.8. The SMILES string of the molecule is CCNC(=O)CN(C)Cc1ccc(C(=O)NN)cc1Br. The highest BCUT2D eigenvalue weighted by Crippen LogP contribution is 2.20. The lowest BCUT2D eigenvalue weighted by molar-refractivity contribution is -0.121. The van der Waals surface area contributed by atoms with Crippen molar-refractivity contribution < 1.29 is 9.59 Å². The van der Waals surface area contributed by atoms with Crippen molar-refractivity contribution in [2.75, 3.05) is 20.1 Å². The molecule has 6 nitrogen and oxygen atoms in total. The Hall–Kier alpha value is -1.44. The standard InChI is InChI=1S/C13H19BrN4O2/c1-3-16-12(19)8-18(2)7-10-5-4-9(6-11(10)14)13(20)17-15/h4-6H,3,7-8,15H2,1-2H3,(H,16,19)(H,17,20). The van der Waals surface area contributed by atoms with Gasteiger partial charge in [0.2, 0.25) is 5.91 Å². The highest BCUT2D eigenvalue weighted by atomic mass is 79.9. The van der Waals surface area contributed by atoms with Crippen molar-refractivity contribution in [3.63, 3.8) is 0 Å². The summed E-state index contributed by atoms with van der Waals surface area (Å²) in [5.74, 6) is 4.74. The number of benzene rings is 1. The topological polar surface area (TPSA) is 87.5 Å². The zero-order valence-corrected chi connectivity index (χ0v) is 13.2. The molecule has 0 unspecified atom stereocenters. The van der Waals surface area contributed by atoms with E-state index in [2.05, 4.69) is 26.7 Å². The zero-order valence-electron chi connectivity index (χ0n) is 11.6. The molecule has 0 bridgehead atoms. The number of rotatable bonds is 6. The summed E-state index contributed by atoms with van der Waals surface area (Å²) in [6, 6.07) is 5.24. The summed E-state index contributed by atoms with van der Waals surface area (Å²) in [6.07, 6.45) is 0. The Morgan fingerprint density at radius 3 is 2.65 bits per heavy atom. The van der Waals surface area contributed by atoms with Gasteiger partial charge in [0, 0.05) is 23.1 Å². The number of hydrogen-bond acceptors (Lipinski definition) is 4. The van der Waals surface area contributed by atoms with E-state index in [4.69, 9.17) is 5.84 Å². The number of nitrogen functional groups attached to an aromatic ring is 1. The molecule has 1 aromatic rings. The number of nitrogens with two attached hydrogens (primary N) is 1. The van der Waals surface area contributed by atoms with Gasteiger partial charge in [-0.2, -0.15) is 0 Å². The lowest BCUT2D eigenvalue weighted by Crippen LogP contribution is -2.34. The second-order valence-electron chi connectivity index (χ2n) is 4.41. The predicted octanol–water partition coefficient (Wildman–Crippen LogP) is 0.620. The number of hydrogen-bond donors (Lipinski definition) is 3. The lowest BCUT2D eigenvalue weighted by atomic mass is 10.1. The van der Waals surface area contributed by atoms with E-state index in [1.807, 2.05) is 24.9 Å². The zero-order chi connectivity index (χ0) is 15.1. The molecule has 0 aliphatic rings. The molecule has 0 heterocycles. The molecular formula is C13H19BrN4O2. The Labute approximate surface area is 126 Å². The lowest BCUT2D eigenvalue weighted by Gasteiger charge is -2.17.